The van der Waals surface area contributed by atoms with Gasteiger partial charge in [0.1, 0.15) is 0 Å². The summed E-state index contributed by atoms with van der Waals surface area (Å²) in [6, 6.07) is 4.59. The molecular formula is C13H14F3NO3S. The molecule has 0 aliphatic rings. The lowest BCUT2D eigenvalue weighted by Gasteiger charge is -2.19. The fraction of sp³-hybridized carbons (Fsp3) is 0.385. The van der Waals surface area contributed by atoms with Crippen molar-refractivity contribution in [3.05, 3.63) is 29.8 Å². The average molecular weight is 321 g/mol. The van der Waals surface area contributed by atoms with Gasteiger partial charge in [0, 0.05) is 10.9 Å². The molecule has 1 amide bonds. The van der Waals surface area contributed by atoms with Crippen molar-refractivity contribution in [1.29, 1.82) is 0 Å². The van der Waals surface area contributed by atoms with Crippen LogP contribution in [0.25, 0.3) is 0 Å². The summed E-state index contributed by atoms with van der Waals surface area (Å²) < 4.78 is 37.3. The molecule has 0 aromatic heterocycles. The van der Waals surface area contributed by atoms with Gasteiger partial charge in [-0.05, 0) is 37.7 Å². The third kappa shape index (κ3) is 5.30. The van der Waals surface area contributed by atoms with Crippen LogP contribution in [0.5, 0.6) is 0 Å². The molecule has 2 unspecified atom stereocenters. The SMILES string of the molecule is CC(NC(=O)c1ccccc1SC(F)(F)F)C(C)C(=O)O. The minimum absolute atomic E-state index is 0.135. The van der Waals surface area contributed by atoms with Crippen molar-refractivity contribution in [2.24, 2.45) is 5.92 Å². The summed E-state index contributed by atoms with van der Waals surface area (Å²) in [5.74, 6) is -2.68. The summed E-state index contributed by atoms with van der Waals surface area (Å²) in [6.07, 6.45) is 0. The first-order chi connectivity index (χ1) is 9.61. The zero-order chi connectivity index (χ0) is 16.2. The number of carbonyl (C=O) groups is 2. The minimum atomic E-state index is -4.50. The highest BCUT2D eigenvalue weighted by molar-refractivity contribution is 8.00. The van der Waals surface area contributed by atoms with Gasteiger partial charge in [0.15, 0.2) is 0 Å². The summed E-state index contributed by atoms with van der Waals surface area (Å²) in [5.41, 5.74) is -4.64. The van der Waals surface area contributed by atoms with E-state index in [0.717, 1.165) is 0 Å². The molecule has 0 heterocycles. The topological polar surface area (TPSA) is 66.4 Å². The predicted molar refractivity (Wildman–Crippen MR) is 72.1 cm³/mol. The van der Waals surface area contributed by atoms with Crippen molar-refractivity contribution >= 4 is 23.6 Å². The van der Waals surface area contributed by atoms with Gasteiger partial charge in [-0.25, -0.2) is 0 Å². The van der Waals surface area contributed by atoms with E-state index >= 15 is 0 Å². The Labute approximate surface area is 123 Å². The maximum atomic E-state index is 12.4. The van der Waals surface area contributed by atoms with E-state index in [0.29, 0.717) is 0 Å². The Morgan fingerprint density at radius 3 is 2.33 bits per heavy atom. The third-order valence-electron chi connectivity index (χ3n) is 2.86. The Balaban J connectivity index is 2.90. The van der Waals surface area contributed by atoms with Crippen LogP contribution in [0.3, 0.4) is 0 Å². The maximum Gasteiger partial charge on any atom is 0.446 e. The van der Waals surface area contributed by atoms with Crippen LogP contribution in [0.2, 0.25) is 0 Å². The molecule has 0 aliphatic heterocycles. The molecule has 0 saturated heterocycles. The highest BCUT2D eigenvalue weighted by Gasteiger charge is 2.31. The number of rotatable bonds is 5. The van der Waals surface area contributed by atoms with Gasteiger partial charge in [-0.1, -0.05) is 12.1 Å². The molecule has 1 rings (SSSR count). The van der Waals surface area contributed by atoms with E-state index in [1.54, 1.807) is 0 Å². The van der Waals surface area contributed by atoms with E-state index < -0.39 is 29.3 Å². The molecule has 8 heteroatoms. The Morgan fingerprint density at radius 2 is 1.81 bits per heavy atom. The monoisotopic (exact) mass is 321 g/mol. The van der Waals surface area contributed by atoms with Gasteiger partial charge in [-0.2, -0.15) is 13.2 Å². The number of halogens is 3. The van der Waals surface area contributed by atoms with Crippen LogP contribution < -0.4 is 5.32 Å². The summed E-state index contributed by atoms with van der Waals surface area (Å²) in [4.78, 5) is 22.6. The fourth-order valence-corrected chi connectivity index (χ4v) is 2.16. The normalized spacial score (nSPS) is 14.3. The van der Waals surface area contributed by atoms with Gasteiger partial charge in [-0.3, -0.25) is 9.59 Å². The van der Waals surface area contributed by atoms with E-state index in [1.807, 2.05) is 0 Å². The van der Waals surface area contributed by atoms with Crippen molar-refractivity contribution in [2.45, 2.75) is 30.3 Å². The summed E-state index contributed by atoms with van der Waals surface area (Å²) >= 11 is -0.380. The Kier molecular flexibility index (Phi) is 5.65. The van der Waals surface area contributed by atoms with Crippen LogP contribution in [0.4, 0.5) is 13.2 Å². The molecule has 0 fully saturated rings. The molecule has 0 radical (unpaired) electrons. The molecule has 2 N–H and O–H groups in total. The van der Waals surface area contributed by atoms with Gasteiger partial charge in [-0.15, -0.1) is 0 Å². The predicted octanol–water partition coefficient (Wildman–Crippen LogP) is 3.14. The Morgan fingerprint density at radius 1 is 1.24 bits per heavy atom. The van der Waals surface area contributed by atoms with Crippen LogP contribution in [0.15, 0.2) is 29.2 Å². The molecule has 21 heavy (non-hydrogen) atoms. The lowest BCUT2D eigenvalue weighted by Crippen LogP contribution is -2.40. The van der Waals surface area contributed by atoms with Crippen LogP contribution in [-0.2, 0) is 4.79 Å². The third-order valence-corrected chi connectivity index (χ3v) is 3.66. The highest BCUT2D eigenvalue weighted by atomic mass is 32.2. The molecule has 1 aromatic rings. The van der Waals surface area contributed by atoms with Crippen LogP contribution in [0, 0.1) is 5.92 Å². The number of carboxylic acids is 1. The second-order valence-electron chi connectivity index (χ2n) is 4.43. The van der Waals surface area contributed by atoms with E-state index in [-0.39, 0.29) is 22.2 Å². The first kappa shape index (κ1) is 17.4. The Hall–Kier alpha value is -1.70. The van der Waals surface area contributed by atoms with E-state index in [4.69, 9.17) is 5.11 Å². The number of nitrogens with one attached hydrogen (secondary N) is 1. The molecule has 116 valence electrons. The number of aliphatic carboxylic acids is 1. The van der Waals surface area contributed by atoms with Gasteiger partial charge in [0.25, 0.3) is 5.91 Å². The molecule has 0 saturated carbocycles. The number of carboxylic acid groups (broad SMARTS) is 1. The molecule has 0 spiro atoms. The number of thioether (sulfide) groups is 1. The minimum Gasteiger partial charge on any atom is -0.481 e. The van der Waals surface area contributed by atoms with Crippen LogP contribution in [0.1, 0.15) is 24.2 Å². The van der Waals surface area contributed by atoms with Crippen molar-refractivity contribution in [2.75, 3.05) is 0 Å². The zero-order valence-corrected chi connectivity index (χ0v) is 12.1. The van der Waals surface area contributed by atoms with E-state index in [1.165, 1.54) is 38.1 Å². The van der Waals surface area contributed by atoms with Gasteiger partial charge in [0.2, 0.25) is 0 Å². The second kappa shape index (κ2) is 6.84. The van der Waals surface area contributed by atoms with Gasteiger partial charge < -0.3 is 10.4 Å². The lowest BCUT2D eigenvalue weighted by atomic mass is 10.0. The molecule has 1 aromatic carbocycles. The summed E-state index contributed by atoms with van der Waals surface area (Å²) in [6.45, 7) is 2.89. The van der Waals surface area contributed by atoms with Crippen molar-refractivity contribution in [3.63, 3.8) is 0 Å². The second-order valence-corrected chi connectivity index (χ2v) is 5.54. The van der Waals surface area contributed by atoms with Gasteiger partial charge in [0.05, 0.1) is 11.5 Å². The number of benzene rings is 1. The molecule has 2 atom stereocenters. The average Bonchev–Trinajstić information content (AvgIpc) is 2.36. The maximum absolute atomic E-state index is 12.4. The standard InChI is InChI=1S/C13H14F3NO3S/c1-7(12(19)20)8(2)17-11(18)9-5-3-4-6-10(9)21-13(14,15)16/h3-8H,1-2H3,(H,17,18)(H,19,20). The number of amides is 1. The first-order valence-electron chi connectivity index (χ1n) is 6.00. The van der Waals surface area contributed by atoms with Crippen molar-refractivity contribution < 1.29 is 27.9 Å². The highest BCUT2D eigenvalue weighted by Crippen LogP contribution is 2.38. The molecule has 0 bridgehead atoms. The van der Waals surface area contributed by atoms with Crippen LogP contribution in [-0.4, -0.2) is 28.5 Å². The molecular weight excluding hydrogens is 307 g/mol. The van der Waals surface area contributed by atoms with E-state index in [2.05, 4.69) is 5.32 Å². The number of hydrogen-bond donors (Lipinski definition) is 2. The lowest BCUT2D eigenvalue weighted by molar-refractivity contribution is -0.141. The summed E-state index contributed by atoms with van der Waals surface area (Å²) in [5, 5.41) is 11.2. The fourth-order valence-electron chi connectivity index (χ4n) is 1.49. The number of hydrogen-bond acceptors (Lipinski definition) is 3. The van der Waals surface area contributed by atoms with E-state index in [9.17, 15) is 22.8 Å². The number of carbonyl (C=O) groups excluding carboxylic acids is 1. The smallest absolute Gasteiger partial charge is 0.446 e. The van der Waals surface area contributed by atoms with Gasteiger partial charge >= 0.3 is 11.5 Å². The zero-order valence-electron chi connectivity index (χ0n) is 11.3. The summed E-state index contributed by atoms with van der Waals surface area (Å²) in [7, 11) is 0. The molecule has 0 aliphatic carbocycles. The van der Waals surface area contributed by atoms with Crippen LogP contribution >= 0.6 is 11.8 Å². The van der Waals surface area contributed by atoms with Crippen molar-refractivity contribution in [3.8, 4) is 0 Å². The Bertz CT molecular complexity index is 534. The number of alkyl halides is 3. The molecule has 4 nitrogen and oxygen atoms in total. The quantitative estimate of drug-likeness (QED) is 0.818. The first-order valence-corrected chi connectivity index (χ1v) is 6.82. The largest absolute Gasteiger partial charge is 0.481 e. The van der Waals surface area contributed by atoms with Crippen molar-refractivity contribution in [1.82, 2.24) is 5.32 Å².